The van der Waals surface area contributed by atoms with Crippen molar-refractivity contribution in [2.24, 2.45) is 5.92 Å². The molecule has 1 aliphatic rings. The molecular weight excluding hydrogens is 872 g/mol. The topological polar surface area (TPSA) is 38.7 Å². The third-order valence-electron chi connectivity index (χ3n) is 4.47. The number of aliphatic hydroxyl groups is 1. The minimum absolute atomic E-state index is 0. The molecule has 1 saturated heterocycles. The molecule has 1 fully saturated rings. The molecule has 0 aliphatic carbocycles. The molecule has 0 aromatic rings. The summed E-state index contributed by atoms with van der Waals surface area (Å²) in [5.41, 5.74) is 0. The Kier molecular flexibility index (Phi) is 22.3. The smallest absolute Gasteiger partial charge is 0.427 e. The predicted molar refractivity (Wildman–Crippen MR) is 138 cm³/mol. The molecule has 4 unspecified atom stereocenters. The second-order valence-electron chi connectivity index (χ2n) is 9.67. The minimum atomic E-state index is -0.952. The summed E-state index contributed by atoms with van der Waals surface area (Å²) in [4.78, 5) is 0. The molecule has 4 atom stereocenters. The molecule has 172 valence electrons. The Hall–Kier alpha value is 2.71. The van der Waals surface area contributed by atoms with E-state index in [1.807, 2.05) is 27.2 Å². The van der Waals surface area contributed by atoms with Gasteiger partial charge in [0.25, 0.3) is 0 Å². The van der Waals surface area contributed by atoms with E-state index in [0.717, 1.165) is 25.2 Å². The molecule has 0 saturated carbocycles. The molecule has 1 rings (SSSR count). The standard InChI is InChI=1S/C12H22BO2P.C10H20BOP.2U/c1-12(2)14-10(11(9-13)15-12)7-6-8-16(3,4)5;1-9(8-11)10(12)6-5-7-13(2,3)4;;/h7,9-11H,3,6,8H2,1-2,4-5H3;6,8-10,12H,2,5,7H2,1,3-4H3;;/q2*-2;2*+2. The quantitative estimate of drug-likeness (QED) is 0.195. The van der Waals surface area contributed by atoms with Crippen molar-refractivity contribution in [2.45, 2.75) is 57.7 Å². The zero-order valence-electron chi connectivity index (χ0n) is 20.7. The fourth-order valence-electron chi connectivity index (χ4n) is 2.66. The maximum Gasteiger partial charge on any atom is 2.00 e. The molecule has 0 bridgehead atoms. The molecule has 1 N–H and O–H groups in total. The van der Waals surface area contributed by atoms with Crippen molar-refractivity contribution >= 4 is 42.1 Å². The summed E-state index contributed by atoms with van der Waals surface area (Å²) in [7, 11) is 10.9. The van der Waals surface area contributed by atoms with Gasteiger partial charge in [-0.05, 0) is 40.5 Å². The zero-order chi connectivity index (χ0) is 22.9. The Morgan fingerprint density at radius 1 is 0.968 bits per heavy atom. The van der Waals surface area contributed by atoms with Crippen LogP contribution in [0.15, 0.2) is 0 Å². The van der Waals surface area contributed by atoms with E-state index in [2.05, 4.69) is 45.7 Å². The summed E-state index contributed by atoms with van der Waals surface area (Å²) < 4.78 is 11.4. The summed E-state index contributed by atoms with van der Waals surface area (Å²) in [6.07, 6.45) is 19.1. The van der Waals surface area contributed by atoms with Gasteiger partial charge in [0.15, 0.2) is 5.79 Å². The van der Waals surface area contributed by atoms with E-state index in [-0.39, 0.29) is 80.4 Å². The molecule has 1 aliphatic heterocycles. The third-order valence-corrected chi connectivity index (χ3v) is 7.41. The summed E-state index contributed by atoms with van der Waals surface area (Å²) >= 11 is 0. The van der Waals surface area contributed by atoms with E-state index in [1.165, 1.54) is 6.32 Å². The first-order valence-corrected chi connectivity index (χ1v) is 16.4. The van der Waals surface area contributed by atoms with Gasteiger partial charge in [0.2, 0.25) is 0 Å². The van der Waals surface area contributed by atoms with Crippen LogP contribution < -0.4 is 0 Å². The van der Waals surface area contributed by atoms with E-state index >= 15 is 0 Å². The summed E-state index contributed by atoms with van der Waals surface area (Å²) in [6.45, 7) is 12.7. The first kappa shape index (κ1) is 38.2. The van der Waals surface area contributed by atoms with Gasteiger partial charge in [0, 0.05) is 0 Å². The normalized spacial score (nSPS) is 22.3. The van der Waals surface area contributed by atoms with Gasteiger partial charge in [-0.25, -0.2) is 0 Å². The maximum absolute atomic E-state index is 9.54. The Morgan fingerprint density at radius 3 is 1.84 bits per heavy atom. The molecule has 0 aromatic carbocycles. The van der Waals surface area contributed by atoms with Gasteiger partial charge in [-0.3, -0.25) is 6.42 Å². The van der Waals surface area contributed by atoms with Crippen LogP contribution >= 0.6 is 13.8 Å². The average Bonchev–Trinajstić information content (AvgIpc) is 2.86. The van der Waals surface area contributed by atoms with Crippen LogP contribution in [-0.4, -0.2) is 96.5 Å². The molecule has 4 radical (unpaired) electrons. The Bertz CT molecular complexity index is 553. The van der Waals surface area contributed by atoms with Gasteiger partial charge in [0.1, 0.15) is 0 Å². The van der Waals surface area contributed by atoms with Crippen LogP contribution in [0.1, 0.15) is 33.6 Å². The van der Waals surface area contributed by atoms with E-state index in [4.69, 9.17) is 25.2 Å². The largest absolute Gasteiger partial charge is 2.00 e. The van der Waals surface area contributed by atoms with Gasteiger partial charge in [-0.1, -0.05) is 37.6 Å². The average molecular weight is 914 g/mol. The first-order chi connectivity index (χ1) is 13.1. The SMILES string of the molecule is [B][CH-]C(C)C(O)[CH-]CCP(=C)(C)C.[B][CH-]C1OC(C)(C)OC1[CH-]CCP(=C)(C)C.[U+2].[U+2]. The van der Waals surface area contributed by atoms with Gasteiger partial charge >= 0.3 is 62.2 Å². The molecule has 31 heavy (non-hydrogen) atoms. The summed E-state index contributed by atoms with van der Waals surface area (Å²) in [5.74, 6) is -0.483. The first-order valence-electron chi connectivity index (χ1n) is 10.3. The molecule has 9 heteroatoms. The molecular formula is C22H42B2O3P2U2. The van der Waals surface area contributed by atoms with E-state index < -0.39 is 25.7 Å². The Balaban J connectivity index is -0.000000485. The molecule has 3 nitrogen and oxygen atoms in total. The number of aliphatic hydroxyl groups excluding tert-OH is 1. The summed E-state index contributed by atoms with van der Waals surface area (Å²) in [6, 6.07) is 0. The number of rotatable bonds is 11. The zero-order valence-corrected chi connectivity index (χ0v) is 30.8. The van der Waals surface area contributed by atoms with Crippen LogP contribution in [0.5, 0.6) is 0 Å². The Labute approximate surface area is 244 Å². The van der Waals surface area contributed by atoms with Crippen molar-refractivity contribution in [1.29, 1.82) is 0 Å². The van der Waals surface area contributed by atoms with Crippen LogP contribution in [-0.2, 0) is 9.47 Å². The predicted octanol–water partition coefficient (Wildman–Crippen LogP) is 3.76. The van der Waals surface area contributed by atoms with Gasteiger partial charge in [-0.2, -0.15) is 34.5 Å². The van der Waals surface area contributed by atoms with Crippen LogP contribution in [0.25, 0.3) is 0 Å². The summed E-state index contributed by atoms with van der Waals surface area (Å²) in [5, 5.41) is 9.54. The van der Waals surface area contributed by atoms with E-state index in [1.54, 1.807) is 6.32 Å². The second kappa shape index (κ2) is 18.0. The molecule has 0 amide bonds. The molecule has 0 aromatic heterocycles. The fraction of sp³-hybridized carbons (Fsp3) is 0.727. The van der Waals surface area contributed by atoms with Crippen LogP contribution in [0.4, 0.5) is 0 Å². The van der Waals surface area contributed by atoms with Gasteiger partial charge in [-0.15, -0.1) is 26.4 Å². The van der Waals surface area contributed by atoms with Crippen molar-refractivity contribution in [3.8, 4) is 0 Å². The van der Waals surface area contributed by atoms with Crippen molar-refractivity contribution in [3.63, 3.8) is 0 Å². The van der Waals surface area contributed by atoms with Crippen LogP contribution in [0.3, 0.4) is 0 Å². The second-order valence-corrected chi connectivity index (χ2v) is 18.3. The number of hydrogen-bond acceptors (Lipinski definition) is 3. The monoisotopic (exact) mass is 914 g/mol. The molecule has 0 spiro atoms. The third kappa shape index (κ3) is 20.6. The van der Waals surface area contributed by atoms with Crippen molar-refractivity contribution in [3.05, 3.63) is 25.5 Å². The van der Waals surface area contributed by atoms with Gasteiger partial charge < -0.3 is 33.6 Å². The van der Waals surface area contributed by atoms with Gasteiger partial charge in [0.05, 0.1) is 0 Å². The number of ether oxygens (including phenoxy) is 2. The van der Waals surface area contributed by atoms with Crippen LogP contribution in [0, 0.1) is 93.6 Å². The van der Waals surface area contributed by atoms with Crippen molar-refractivity contribution < 1.29 is 76.8 Å². The number of hydrogen-bond donors (Lipinski definition) is 1. The van der Waals surface area contributed by atoms with E-state index in [0.29, 0.717) is 0 Å². The van der Waals surface area contributed by atoms with Crippen LogP contribution in [0.2, 0.25) is 0 Å². The van der Waals surface area contributed by atoms with Crippen molar-refractivity contribution in [1.82, 2.24) is 0 Å². The van der Waals surface area contributed by atoms with Crippen molar-refractivity contribution in [2.75, 3.05) is 39.0 Å². The fourth-order valence-corrected chi connectivity index (χ4v) is 4.36. The minimum Gasteiger partial charge on any atom is -0.427 e. The van der Waals surface area contributed by atoms with E-state index in [9.17, 15) is 5.11 Å². The Morgan fingerprint density at radius 2 is 1.42 bits per heavy atom. The molecule has 1 heterocycles. The maximum atomic E-state index is 9.54.